The fourth-order valence-corrected chi connectivity index (χ4v) is 8.67. The molecule has 0 spiro atoms. The molecule has 3 aromatic heterocycles. The molecule has 5 heteroatoms. The number of rotatable bonds is 4. The Bertz CT molecular complexity index is 3420. The van der Waals surface area contributed by atoms with Crippen LogP contribution in [0.1, 0.15) is 11.1 Å². The molecule has 0 saturated carbocycles. The predicted octanol–water partition coefficient (Wildman–Crippen LogP) is 12.4. The maximum atomic E-state index is 9.89. The van der Waals surface area contributed by atoms with Crippen LogP contribution in [0.15, 0.2) is 176 Å². The quantitative estimate of drug-likeness (QED) is 0.184. The van der Waals surface area contributed by atoms with Crippen molar-refractivity contribution in [2.24, 2.45) is 0 Å². The van der Waals surface area contributed by atoms with Crippen molar-refractivity contribution in [3.63, 3.8) is 0 Å². The minimum absolute atomic E-state index is 0.627. The third-order valence-electron chi connectivity index (χ3n) is 11.1. The van der Waals surface area contributed by atoms with Crippen molar-refractivity contribution in [2.45, 2.75) is 0 Å². The van der Waals surface area contributed by atoms with Crippen molar-refractivity contribution >= 4 is 65.4 Å². The number of nitrogens with zero attached hydrogens (tertiary/aromatic N) is 5. The van der Waals surface area contributed by atoms with Crippen LogP contribution < -0.4 is 0 Å². The monoisotopic (exact) mass is 699 g/mol. The van der Waals surface area contributed by atoms with Crippen LogP contribution in [-0.2, 0) is 0 Å². The summed E-state index contributed by atoms with van der Waals surface area (Å²) in [5.74, 6) is 0. The fraction of sp³-hybridized carbons (Fsp3) is 0. The summed E-state index contributed by atoms with van der Waals surface area (Å²) in [6.07, 6.45) is 0. The first-order chi connectivity index (χ1) is 27.2. The van der Waals surface area contributed by atoms with Crippen molar-refractivity contribution in [3.05, 3.63) is 187 Å². The summed E-state index contributed by atoms with van der Waals surface area (Å²) < 4.78 is 6.96. The molecule has 0 bridgehead atoms. The largest absolute Gasteiger partial charge is 0.309 e. The average molecular weight is 700 g/mol. The highest BCUT2D eigenvalue weighted by Gasteiger charge is 2.18. The van der Waals surface area contributed by atoms with E-state index < -0.39 is 0 Å². The Hall–Kier alpha value is -7.86. The Morgan fingerprint density at radius 1 is 0.291 bits per heavy atom. The lowest BCUT2D eigenvalue weighted by molar-refractivity contribution is 1.15. The normalized spacial score (nSPS) is 11.6. The van der Waals surface area contributed by atoms with Crippen LogP contribution in [0.5, 0.6) is 0 Å². The van der Waals surface area contributed by atoms with Crippen molar-refractivity contribution in [3.8, 4) is 40.3 Å². The Balaban J connectivity index is 1.12. The Labute approximate surface area is 316 Å². The molecule has 0 N–H and O–H groups in total. The Kier molecular flexibility index (Phi) is 6.61. The van der Waals surface area contributed by atoms with Crippen molar-refractivity contribution in [1.29, 1.82) is 10.5 Å². The first-order valence-corrected chi connectivity index (χ1v) is 18.3. The van der Waals surface area contributed by atoms with Gasteiger partial charge < -0.3 is 13.7 Å². The van der Waals surface area contributed by atoms with E-state index in [1.807, 2.05) is 36.4 Å². The number of para-hydroxylation sites is 3. The summed E-state index contributed by atoms with van der Waals surface area (Å²) in [7, 11) is 0. The van der Waals surface area contributed by atoms with Gasteiger partial charge in [-0.25, -0.2) is 0 Å². The molecule has 11 aromatic rings. The molecule has 3 heterocycles. The van der Waals surface area contributed by atoms with Crippen LogP contribution in [0.2, 0.25) is 0 Å². The van der Waals surface area contributed by atoms with E-state index in [1.165, 1.54) is 21.8 Å². The lowest BCUT2D eigenvalue weighted by atomic mass is 10.0. The van der Waals surface area contributed by atoms with Crippen molar-refractivity contribution in [1.82, 2.24) is 13.7 Å². The molecule has 11 rings (SSSR count). The van der Waals surface area contributed by atoms with Gasteiger partial charge in [0.1, 0.15) is 0 Å². The first-order valence-electron chi connectivity index (χ1n) is 18.3. The number of aromatic nitrogens is 3. The molecular weight excluding hydrogens is 671 g/mol. The SMILES string of the molecule is N#Cc1ccc2c(c1)c1ccccc1n2-c1ccc2c3cc(C#N)ccc3n(-c3cccc(-c4cccc(-n5c6ccccc6c6ccccc65)c4)c3)c2c1. The second kappa shape index (κ2) is 11.8. The van der Waals surface area contributed by atoms with E-state index in [9.17, 15) is 10.5 Å². The van der Waals surface area contributed by atoms with E-state index in [1.54, 1.807) is 0 Å². The van der Waals surface area contributed by atoms with Gasteiger partial charge in [-0.1, -0.05) is 84.9 Å². The zero-order chi connectivity index (χ0) is 36.6. The molecule has 0 aliphatic carbocycles. The van der Waals surface area contributed by atoms with Gasteiger partial charge in [0.25, 0.3) is 0 Å². The Morgan fingerprint density at radius 3 is 1.18 bits per heavy atom. The third kappa shape index (κ3) is 4.58. The molecule has 55 heavy (non-hydrogen) atoms. The fourth-order valence-electron chi connectivity index (χ4n) is 8.67. The second-order valence-electron chi connectivity index (χ2n) is 14.0. The smallest absolute Gasteiger partial charge is 0.0991 e. The molecule has 0 unspecified atom stereocenters. The van der Waals surface area contributed by atoms with Gasteiger partial charge >= 0.3 is 0 Å². The topological polar surface area (TPSA) is 62.4 Å². The van der Waals surface area contributed by atoms with Crippen LogP contribution in [0.4, 0.5) is 0 Å². The van der Waals surface area contributed by atoms with Crippen molar-refractivity contribution < 1.29 is 0 Å². The zero-order valence-electron chi connectivity index (χ0n) is 29.5. The summed E-state index contributed by atoms with van der Waals surface area (Å²) in [5.41, 5.74) is 13.2. The number of nitriles is 2. The molecule has 0 fully saturated rings. The Morgan fingerprint density at radius 2 is 0.691 bits per heavy atom. The molecule has 5 nitrogen and oxygen atoms in total. The van der Waals surface area contributed by atoms with E-state index in [0.29, 0.717) is 11.1 Å². The van der Waals surface area contributed by atoms with Crippen molar-refractivity contribution in [2.75, 3.05) is 0 Å². The lowest BCUT2D eigenvalue weighted by Crippen LogP contribution is -1.97. The van der Waals surface area contributed by atoms with E-state index in [4.69, 9.17) is 0 Å². The standard InChI is InChI=1S/C50H29N5/c51-30-32-19-23-48-43(25-32)41-15-3-6-18-47(41)54(48)38-21-22-42-44-26-33(31-52)20-24-49(44)55(50(42)29-38)37-12-8-10-35(28-37)34-9-7-11-36(27-34)53-45-16-4-1-13-39(45)40-14-2-5-17-46(40)53/h1-29H. The molecular formula is C50H29N5. The maximum Gasteiger partial charge on any atom is 0.0991 e. The highest BCUT2D eigenvalue weighted by Crippen LogP contribution is 2.39. The number of hydrogen-bond acceptors (Lipinski definition) is 2. The lowest BCUT2D eigenvalue weighted by Gasteiger charge is -2.13. The van der Waals surface area contributed by atoms with Gasteiger partial charge in [0.05, 0.1) is 56.4 Å². The van der Waals surface area contributed by atoms with Gasteiger partial charge in [0, 0.05) is 49.4 Å². The van der Waals surface area contributed by atoms with Gasteiger partial charge in [-0.2, -0.15) is 10.5 Å². The van der Waals surface area contributed by atoms with Gasteiger partial charge in [0.15, 0.2) is 0 Å². The minimum atomic E-state index is 0.627. The van der Waals surface area contributed by atoms with Crippen LogP contribution in [0.25, 0.3) is 93.6 Å². The second-order valence-corrected chi connectivity index (χ2v) is 14.0. The van der Waals surface area contributed by atoms with Crippen LogP contribution >= 0.6 is 0 Å². The number of fused-ring (bicyclic) bond motifs is 9. The molecule has 0 aliphatic heterocycles. The molecule has 8 aromatic carbocycles. The predicted molar refractivity (Wildman–Crippen MR) is 224 cm³/mol. The highest BCUT2D eigenvalue weighted by molar-refractivity contribution is 6.13. The van der Waals surface area contributed by atoms with Gasteiger partial charge in [0.2, 0.25) is 0 Å². The van der Waals surface area contributed by atoms with E-state index in [0.717, 1.165) is 71.8 Å². The molecule has 0 saturated heterocycles. The van der Waals surface area contributed by atoms with E-state index in [2.05, 4.69) is 165 Å². The maximum absolute atomic E-state index is 9.89. The van der Waals surface area contributed by atoms with Crippen LogP contribution in [0.3, 0.4) is 0 Å². The third-order valence-corrected chi connectivity index (χ3v) is 11.1. The molecule has 254 valence electrons. The number of hydrogen-bond donors (Lipinski definition) is 0. The summed E-state index contributed by atoms with van der Waals surface area (Å²) >= 11 is 0. The molecule has 0 amide bonds. The van der Waals surface area contributed by atoms with Gasteiger partial charge in [-0.15, -0.1) is 0 Å². The van der Waals surface area contributed by atoms with Gasteiger partial charge in [-0.3, -0.25) is 0 Å². The summed E-state index contributed by atoms with van der Waals surface area (Å²) in [5, 5.41) is 26.3. The van der Waals surface area contributed by atoms with Crippen LogP contribution in [-0.4, -0.2) is 13.7 Å². The molecule has 0 atom stereocenters. The average Bonchev–Trinajstić information content (AvgIpc) is 3.88. The van der Waals surface area contributed by atoms with Crippen LogP contribution in [0, 0.1) is 22.7 Å². The highest BCUT2D eigenvalue weighted by atomic mass is 15.0. The zero-order valence-corrected chi connectivity index (χ0v) is 29.5. The summed E-state index contributed by atoms with van der Waals surface area (Å²) in [6.45, 7) is 0. The summed E-state index contributed by atoms with van der Waals surface area (Å²) in [6, 6.07) is 66.2. The minimum Gasteiger partial charge on any atom is -0.309 e. The number of benzene rings is 8. The molecule has 0 radical (unpaired) electrons. The van der Waals surface area contributed by atoms with Gasteiger partial charge in [-0.05, 0) is 102 Å². The molecule has 0 aliphatic rings. The van der Waals surface area contributed by atoms with E-state index in [-0.39, 0.29) is 0 Å². The summed E-state index contributed by atoms with van der Waals surface area (Å²) in [4.78, 5) is 0. The first kappa shape index (κ1) is 30.7. The van der Waals surface area contributed by atoms with E-state index >= 15 is 0 Å².